The second-order valence-corrected chi connectivity index (χ2v) is 10.2. The monoisotopic (exact) mass is 507 g/mol. The number of carbonyl (C=O) groups excluding carboxylic acids is 3. The minimum atomic E-state index is -0.582. The lowest BCUT2D eigenvalue weighted by Gasteiger charge is -2.13. The van der Waals surface area contributed by atoms with Gasteiger partial charge in [-0.25, -0.2) is 9.37 Å². The van der Waals surface area contributed by atoms with E-state index in [1.807, 2.05) is 6.92 Å². The number of carbonyl (C=O) groups is 3. The zero-order valence-corrected chi connectivity index (χ0v) is 20.6. The van der Waals surface area contributed by atoms with Gasteiger partial charge in [0, 0.05) is 16.9 Å². The van der Waals surface area contributed by atoms with E-state index in [1.165, 1.54) is 48.2 Å². The second kappa shape index (κ2) is 10.8. The number of amides is 2. The van der Waals surface area contributed by atoms with Crippen molar-refractivity contribution in [2.75, 3.05) is 10.6 Å². The lowest BCUT2D eigenvalue weighted by atomic mass is 10.1. The molecule has 0 fully saturated rings. The number of nitrogens with one attached hydrogen (secondary N) is 2. The highest BCUT2D eigenvalue weighted by atomic mass is 32.2. The molecule has 2 N–H and O–H groups in total. The number of hydrogen-bond acceptors (Lipinski definition) is 6. The molecule has 0 unspecified atom stereocenters. The zero-order chi connectivity index (χ0) is 24.9. The minimum absolute atomic E-state index is 0.0270. The maximum atomic E-state index is 13.9. The van der Waals surface area contributed by atoms with Gasteiger partial charge >= 0.3 is 0 Å². The second-order valence-electron chi connectivity index (χ2n) is 7.73. The van der Waals surface area contributed by atoms with Crippen molar-refractivity contribution in [3.8, 4) is 0 Å². The average Bonchev–Trinajstić information content (AvgIpc) is 3.24. The Morgan fingerprint density at radius 2 is 1.71 bits per heavy atom. The first kappa shape index (κ1) is 24.6. The molecule has 178 valence electrons. The molecule has 0 bridgehead atoms. The number of rotatable bonds is 8. The number of thiazole rings is 1. The molecule has 1 atom stereocenters. The predicted molar refractivity (Wildman–Crippen MR) is 139 cm³/mol. The molecule has 0 spiro atoms. The fraction of sp³-hybridized carbons (Fsp3) is 0.154. The molecule has 4 aromatic rings. The van der Waals surface area contributed by atoms with Gasteiger partial charge < -0.3 is 10.6 Å². The van der Waals surface area contributed by atoms with Crippen LogP contribution in [-0.4, -0.2) is 27.8 Å². The zero-order valence-electron chi connectivity index (χ0n) is 19.0. The largest absolute Gasteiger partial charge is 0.325 e. The number of Topliss-reactive ketones (excluding diaryl/α,β-unsaturated/α-hetero) is 1. The lowest BCUT2D eigenvalue weighted by Crippen LogP contribution is -2.24. The van der Waals surface area contributed by atoms with Gasteiger partial charge in [0.25, 0.3) is 5.91 Å². The Bertz CT molecular complexity index is 1400. The number of thioether (sulfide) groups is 1. The summed E-state index contributed by atoms with van der Waals surface area (Å²) in [6.07, 6.45) is 0.599. The number of hydrogen-bond donors (Lipinski definition) is 2. The van der Waals surface area contributed by atoms with Crippen LogP contribution in [0.15, 0.2) is 71.1 Å². The Balaban J connectivity index is 1.44. The van der Waals surface area contributed by atoms with Gasteiger partial charge in [0.2, 0.25) is 5.91 Å². The molecular formula is C26H22FN3O3S2. The first-order chi connectivity index (χ1) is 16.8. The summed E-state index contributed by atoms with van der Waals surface area (Å²) in [4.78, 5) is 41.3. The van der Waals surface area contributed by atoms with Crippen LogP contribution in [0.1, 0.15) is 41.0 Å². The quantitative estimate of drug-likeness (QED) is 0.213. The smallest absolute Gasteiger partial charge is 0.258 e. The van der Waals surface area contributed by atoms with Crippen molar-refractivity contribution in [1.29, 1.82) is 0 Å². The average molecular weight is 508 g/mol. The van der Waals surface area contributed by atoms with Crippen LogP contribution in [0.25, 0.3) is 10.2 Å². The van der Waals surface area contributed by atoms with Crippen LogP contribution in [0.3, 0.4) is 0 Å². The topological polar surface area (TPSA) is 88.2 Å². The number of halogens is 1. The lowest BCUT2D eigenvalue weighted by molar-refractivity contribution is -0.115. The molecule has 0 aliphatic carbocycles. The van der Waals surface area contributed by atoms with Crippen molar-refractivity contribution < 1.29 is 18.8 Å². The molecular weight excluding hydrogens is 485 g/mol. The van der Waals surface area contributed by atoms with Crippen molar-refractivity contribution in [3.63, 3.8) is 0 Å². The van der Waals surface area contributed by atoms with Gasteiger partial charge in [-0.15, -0.1) is 11.3 Å². The Hall–Kier alpha value is -3.56. The SMILES string of the molecule is CC[C@H](Sc1nc2ccc(NC(=O)c3ccccc3F)cc2s1)C(=O)Nc1ccc(C(C)=O)cc1. The van der Waals surface area contributed by atoms with Crippen molar-refractivity contribution in [2.24, 2.45) is 0 Å². The molecule has 9 heteroatoms. The van der Waals surface area contributed by atoms with E-state index < -0.39 is 11.7 Å². The summed E-state index contributed by atoms with van der Waals surface area (Å²) in [5.41, 5.74) is 2.46. The molecule has 0 aliphatic heterocycles. The van der Waals surface area contributed by atoms with Gasteiger partial charge in [-0.1, -0.05) is 30.8 Å². The van der Waals surface area contributed by atoms with Crippen LogP contribution in [0, 0.1) is 5.82 Å². The van der Waals surface area contributed by atoms with E-state index >= 15 is 0 Å². The number of benzene rings is 3. The maximum absolute atomic E-state index is 13.9. The van der Waals surface area contributed by atoms with Gasteiger partial charge in [0.15, 0.2) is 10.1 Å². The van der Waals surface area contributed by atoms with Crippen LogP contribution in [0.4, 0.5) is 15.8 Å². The van der Waals surface area contributed by atoms with Crippen LogP contribution < -0.4 is 10.6 Å². The van der Waals surface area contributed by atoms with Crippen molar-refractivity contribution in [3.05, 3.63) is 83.7 Å². The summed E-state index contributed by atoms with van der Waals surface area (Å²) < 4.78 is 15.5. The molecule has 0 saturated heterocycles. The van der Waals surface area contributed by atoms with Gasteiger partial charge in [-0.3, -0.25) is 14.4 Å². The standard InChI is InChI=1S/C26H22FN3O3S2/c1-3-22(25(33)28-17-10-8-16(9-11-17)15(2)31)34-26-30-21-13-12-18(14-23(21)35-26)29-24(32)19-6-4-5-7-20(19)27/h4-14,22H,3H2,1-2H3,(H,28,33)(H,29,32)/t22-/m0/s1. The summed E-state index contributed by atoms with van der Waals surface area (Å²) in [5.74, 6) is -1.29. The number of nitrogens with zero attached hydrogens (tertiary/aromatic N) is 1. The normalized spacial score (nSPS) is 11.7. The summed E-state index contributed by atoms with van der Waals surface area (Å²) in [6.45, 7) is 3.43. The molecule has 1 heterocycles. The Morgan fingerprint density at radius 3 is 2.40 bits per heavy atom. The molecule has 1 aromatic heterocycles. The fourth-order valence-electron chi connectivity index (χ4n) is 3.33. The molecule has 0 saturated carbocycles. The van der Waals surface area contributed by atoms with Gasteiger partial charge in [-0.2, -0.15) is 0 Å². The van der Waals surface area contributed by atoms with E-state index in [2.05, 4.69) is 15.6 Å². The third-order valence-electron chi connectivity index (χ3n) is 5.21. The van der Waals surface area contributed by atoms with Crippen LogP contribution >= 0.6 is 23.1 Å². The van der Waals surface area contributed by atoms with E-state index in [0.29, 0.717) is 23.4 Å². The Labute approximate surface area is 210 Å². The first-order valence-corrected chi connectivity index (χ1v) is 12.6. The summed E-state index contributed by atoms with van der Waals surface area (Å²) in [6, 6.07) is 17.9. The summed E-state index contributed by atoms with van der Waals surface area (Å²) in [5, 5.41) is 5.25. The van der Waals surface area contributed by atoms with Crippen molar-refractivity contribution >= 4 is 62.3 Å². The van der Waals surface area contributed by atoms with Crippen LogP contribution in [0.2, 0.25) is 0 Å². The molecule has 0 radical (unpaired) electrons. The van der Waals surface area contributed by atoms with Crippen molar-refractivity contribution in [1.82, 2.24) is 4.98 Å². The summed E-state index contributed by atoms with van der Waals surface area (Å²) in [7, 11) is 0. The number of fused-ring (bicyclic) bond motifs is 1. The van der Waals surface area contributed by atoms with E-state index in [9.17, 15) is 18.8 Å². The minimum Gasteiger partial charge on any atom is -0.325 e. The third-order valence-corrected chi connectivity index (χ3v) is 7.69. The summed E-state index contributed by atoms with van der Waals surface area (Å²) >= 11 is 2.79. The molecule has 0 aliphatic rings. The van der Waals surface area contributed by atoms with Gasteiger partial charge in [-0.05, 0) is 67.9 Å². The maximum Gasteiger partial charge on any atom is 0.258 e. The van der Waals surface area contributed by atoms with E-state index in [0.717, 1.165) is 14.6 Å². The van der Waals surface area contributed by atoms with E-state index in [1.54, 1.807) is 48.5 Å². The van der Waals surface area contributed by atoms with E-state index in [4.69, 9.17) is 0 Å². The number of aromatic nitrogens is 1. The fourth-order valence-corrected chi connectivity index (χ4v) is 5.60. The highest BCUT2D eigenvalue weighted by molar-refractivity contribution is 8.02. The number of anilines is 2. The molecule has 35 heavy (non-hydrogen) atoms. The van der Waals surface area contributed by atoms with Crippen molar-refractivity contribution in [2.45, 2.75) is 29.9 Å². The molecule has 6 nitrogen and oxygen atoms in total. The van der Waals surface area contributed by atoms with Crippen LogP contribution in [0.5, 0.6) is 0 Å². The molecule has 3 aromatic carbocycles. The first-order valence-electron chi connectivity index (χ1n) is 10.9. The predicted octanol–water partition coefficient (Wildman–Crippen LogP) is 6.40. The number of ketones is 1. The van der Waals surface area contributed by atoms with Crippen LogP contribution in [-0.2, 0) is 4.79 Å². The van der Waals surface area contributed by atoms with E-state index in [-0.39, 0.29) is 22.5 Å². The molecule has 2 amide bonds. The highest BCUT2D eigenvalue weighted by Crippen LogP contribution is 2.35. The highest BCUT2D eigenvalue weighted by Gasteiger charge is 2.20. The third kappa shape index (κ3) is 5.93. The molecule has 4 rings (SSSR count). The Kier molecular flexibility index (Phi) is 7.57. The van der Waals surface area contributed by atoms with Gasteiger partial charge in [0.05, 0.1) is 21.0 Å². The van der Waals surface area contributed by atoms with Gasteiger partial charge in [0.1, 0.15) is 5.82 Å². The Morgan fingerprint density at radius 1 is 1.00 bits per heavy atom.